The van der Waals surface area contributed by atoms with Crippen molar-refractivity contribution in [3.63, 3.8) is 0 Å². The Bertz CT molecular complexity index is 341. The molecule has 0 radical (unpaired) electrons. The van der Waals surface area contributed by atoms with E-state index in [9.17, 15) is 9.59 Å². The molecule has 1 aliphatic carbocycles. The lowest BCUT2D eigenvalue weighted by molar-refractivity contribution is -0.145. The monoisotopic (exact) mass is 312 g/mol. The van der Waals surface area contributed by atoms with E-state index in [1.807, 2.05) is 6.92 Å². The molecule has 2 amide bonds. The van der Waals surface area contributed by atoms with Crippen LogP contribution in [-0.2, 0) is 9.53 Å². The summed E-state index contributed by atoms with van der Waals surface area (Å²) in [6.45, 7) is 5.08. The Morgan fingerprint density at radius 3 is 2.50 bits per heavy atom. The van der Waals surface area contributed by atoms with Crippen molar-refractivity contribution >= 4 is 12.0 Å². The topological polar surface area (TPSA) is 58.6 Å². The summed E-state index contributed by atoms with van der Waals surface area (Å²) in [5, 5.41) is 3.14. The summed E-state index contributed by atoms with van der Waals surface area (Å²) in [6.07, 6.45) is 8.99. The molecule has 0 heterocycles. The van der Waals surface area contributed by atoms with Crippen LogP contribution in [-0.4, -0.2) is 43.1 Å². The maximum atomic E-state index is 12.5. The molecule has 1 unspecified atom stereocenters. The standard InChI is InChI=1S/C17H32N2O3/c1-4-5-9-12-19(13-14(2)16(20)22-3)17(21)18-15-10-7-6-8-11-15/h14-15H,4-13H2,1-3H3,(H,18,21). The van der Waals surface area contributed by atoms with E-state index in [2.05, 4.69) is 12.2 Å². The SMILES string of the molecule is CCCCCN(CC(C)C(=O)OC)C(=O)NC1CCCCC1. The molecule has 1 N–H and O–H groups in total. The Kier molecular flexibility index (Phi) is 8.94. The first-order valence-corrected chi connectivity index (χ1v) is 8.71. The van der Waals surface area contributed by atoms with E-state index in [0.717, 1.165) is 32.1 Å². The van der Waals surface area contributed by atoms with Gasteiger partial charge in [0.2, 0.25) is 0 Å². The minimum Gasteiger partial charge on any atom is -0.469 e. The number of unbranched alkanes of at least 4 members (excludes halogenated alkanes) is 2. The van der Waals surface area contributed by atoms with Crippen LogP contribution in [0.25, 0.3) is 0 Å². The lowest BCUT2D eigenvalue weighted by Crippen LogP contribution is -2.48. The Hall–Kier alpha value is -1.26. The summed E-state index contributed by atoms with van der Waals surface area (Å²) in [6, 6.07) is 0.266. The molecule has 0 aliphatic heterocycles. The van der Waals surface area contributed by atoms with Crippen LogP contribution in [0.1, 0.15) is 65.2 Å². The summed E-state index contributed by atoms with van der Waals surface area (Å²) in [5.41, 5.74) is 0. The third kappa shape index (κ3) is 6.67. The minimum absolute atomic E-state index is 0.0289. The number of rotatable bonds is 8. The van der Waals surface area contributed by atoms with Crippen molar-refractivity contribution < 1.29 is 14.3 Å². The highest BCUT2D eigenvalue weighted by atomic mass is 16.5. The molecule has 1 fully saturated rings. The van der Waals surface area contributed by atoms with Crippen molar-refractivity contribution in [3.8, 4) is 0 Å². The zero-order valence-electron chi connectivity index (χ0n) is 14.4. The van der Waals surface area contributed by atoms with Crippen LogP contribution < -0.4 is 5.32 Å². The van der Waals surface area contributed by atoms with Gasteiger partial charge in [-0.15, -0.1) is 0 Å². The number of esters is 1. The first-order valence-electron chi connectivity index (χ1n) is 8.71. The van der Waals surface area contributed by atoms with Crippen LogP contribution in [0.3, 0.4) is 0 Å². The van der Waals surface area contributed by atoms with Gasteiger partial charge >= 0.3 is 12.0 Å². The fourth-order valence-corrected chi connectivity index (χ4v) is 2.95. The second-order valence-electron chi connectivity index (χ2n) is 6.36. The number of hydrogen-bond donors (Lipinski definition) is 1. The van der Waals surface area contributed by atoms with Gasteiger partial charge in [0.05, 0.1) is 13.0 Å². The van der Waals surface area contributed by atoms with Crippen LogP contribution in [0.5, 0.6) is 0 Å². The molecule has 0 bridgehead atoms. The van der Waals surface area contributed by atoms with E-state index in [1.54, 1.807) is 4.90 Å². The van der Waals surface area contributed by atoms with E-state index in [4.69, 9.17) is 4.74 Å². The molecule has 22 heavy (non-hydrogen) atoms. The summed E-state index contributed by atoms with van der Waals surface area (Å²) in [4.78, 5) is 25.9. The molecule has 0 spiro atoms. The number of urea groups is 1. The molecule has 0 aromatic carbocycles. The fraction of sp³-hybridized carbons (Fsp3) is 0.882. The number of methoxy groups -OCH3 is 1. The van der Waals surface area contributed by atoms with Crippen LogP contribution in [0.15, 0.2) is 0 Å². The molecule has 0 aromatic rings. The first-order chi connectivity index (χ1) is 10.6. The molecule has 1 aliphatic rings. The third-order valence-corrected chi connectivity index (χ3v) is 4.35. The zero-order valence-corrected chi connectivity index (χ0v) is 14.4. The Balaban J connectivity index is 2.54. The van der Waals surface area contributed by atoms with E-state index < -0.39 is 0 Å². The van der Waals surface area contributed by atoms with Crippen LogP contribution >= 0.6 is 0 Å². The summed E-state index contributed by atoms with van der Waals surface area (Å²) in [7, 11) is 1.39. The van der Waals surface area contributed by atoms with Crippen molar-refractivity contribution in [2.75, 3.05) is 20.2 Å². The summed E-state index contributed by atoms with van der Waals surface area (Å²) >= 11 is 0. The quantitative estimate of drug-likeness (QED) is 0.552. The highest BCUT2D eigenvalue weighted by Crippen LogP contribution is 2.18. The normalized spacial score (nSPS) is 16.9. The maximum Gasteiger partial charge on any atom is 0.317 e. The molecule has 0 aromatic heterocycles. The number of amides is 2. The van der Waals surface area contributed by atoms with E-state index in [-0.39, 0.29) is 17.9 Å². The number of carbonyl (C=O) groups excluding carboxylic acids is 2. The summed E-state index contributed by atoms with van der Waals surface area (Å²) in [5.74, 6) is -0.547. The Labute approximate surface area is 134 Å². The largest absolute Gasteiger partial charge is 0.469 e. The lowest BCUT2D eigenvalue weighted by Gasteiger charge is -2.29. The number of nitrogens with one attached hydrogen (secondary N) is 1. The van der Waals surface area contributed by atoms with Crippen LogP contribution in [0.2, 0.25) is 0 Å². The highest BCUT2D eigenvalue weighted by Gasteiger charge is 2.23. The predicted octanol–water partition coefficient (Wildman–Crippen LogP) is 3.33. The van der Waals surface area contributed by atoms with Crippen molar-refractivity contribution in [2.45, 2.75) is 71.3 Å². The molecular weight excluding hydrogens is 280 g/mol. The molecule has 5 heteroatoms. The van der Waals surface area contributed by atoms with Gasteiger partial charge in [0.25, 0.3) is 0 Å². The second-order valence-corrected chi connectivity index (χ2v) is 6.36. The smallest absolute Gasteiger partial charge is 0.317 e. The van der Waals surface area contributed by atoms with Gasteiger partial charge in [0.15, 0.2) is 0 Å². The molecule has 0 saturated heterocycles. The van der Waals surface area contributed by atoms with E-state index >= 15 is 0 Å². The van der Waals surface area contributed by atoms with Gasteiger partial charge in [0.1, 0.15) is 0 Å². The lowest BCUT2D eigenvalue weighted by atomic mass is 9.96. The highest BCUT2D eigenvalue weighted by molar-refractivity contribution is 5.76. The predicted molar refractivity (Wildman–Crippen MR) is 87.7 cm³/mol. The van der Waals surface area contributed by atoms with Gasteiger partial charge < -0.3 is 15.0 Å². The second kappa shape index (κ2) is 10.5. The fourth-order valence-electron chi connectivity index (χ4n) is 2.95. The van der Waals surface area contributed by atoms with Gasteiger partial charge in [0, 0.05) is 19.1 Å². The van der Waals surface area contributed by atoms with Crippen molar-refractivity contribution in [1.82, 2.24) is 10.2 Å². The van der Waals surface area contributed by atoms with Crippen molar-refractivity contribution in [2.24, 2.45) is 5.92 Å². The molecule has 1 atom stereocenters. The zero-order chi connectivity index (χ0) is 16.4. The Morgan fingerprint density at radius 2 is 1.91 bits per heavy atom. The van der Waals surface area contributed by atoms with Gasteiger partial charge in [-0.25, -0.2) is 4.79 Å². The van der Waals surface area contributed by atoms with Crippen LogP contribution in [0.4, 0.5) is 4.79 Å². The van der Waals surface area contributed by atoms with Gasteiger partial charge in [-0.2, -0.15) is 0 Å². The van der Waals surface area contributed by atoms with Gasteiger partial charge in [-0.3, -0.25) is 4.79 Å². The molecule has 5 nitrogen and oxygen atoms in total. The van der Waals surface area contributed by atoms with Gasteiger partial charge in [-0.1, -0.05) is 46.0 Å². The number of ether oxygens (including phenoxy) is 1. The first kappa shape index (κ1) is 18.8. The van der Waals surface area contributed by atoms with Crippen molar-refractivity contribution in [3.05, 3.63) is 0 Å². The molecule has 1 rings (SSSR count). The van der Waals surface area contributed by atoms with Gasteiger partial charge in [-0.05, 0) is 19.3 Å². The Morgan fingerprint density at radius 1 is 1.23 bits per heavy atom. The number of carbonyl (C=O) groups is 2. The van der Waals surface area contributed by atoms with Crippen LogP contribution in [0, 0.1) is 5.92 Å². The molecule has 1 saturated carbocycles. The maximum absolute atomic E-state index is 12.5. The third-order valence-electron chi connectivity index (χ3n) is 4.35. The average molecular weight is 312 g/mol. The number of nitrogens with zero attached hydrogens (tertiary/aromatic N) is 1. The average Bonchev–Trinajstić information content (AvgIpc) is 2.54. The minimum atomic E-state index is -0.288. The number of hydrogen-bond acceptors (Lipinski definition) is 3. The molecular formula is C17H32N2O3. The van der Waals surface area contributed by atoms with E-state index in [0.29, 0.717) is 19.1 Å². The van der Waals surface area contributed by atoms with Crippen molar-refractivity contribution in [1.29, 1.82) is 0 Å². The van der Waals surface area contributed by atoms with E-state index in [1.165, 1.54) is 26.4 Å². The molecule has 128 valence electrons. The summed E-state index contributed by atoms with van der Waals surface area (Å²) < 4.78 is 4.77.